The Bertz CT molecular complexity index is 615. The standard InChI is InChI=1S/C13H10ClNO4/c1-18-13-6-5-11(8-12(13)15(16)17)19-10-4-2-3-9(14)7-10/h2-8H,1H3. The minimum absolute atomic E-state index is 0.151. The number of ether oxygens (including phenoxy) is 2. The first kappa shape index (κ1) is 13.2. The Hall–Kier alpha value is -2.27. The molecule has 0 saturated heterocycles. The van der Waals surface area contributed by atoms with Crippen molar-refractivity contribution >= 4 is 17.3 Å². The summed E-state index contributed by atoms with van der Waals surface area (Å²) in [4.78, 5) is 10.4. The van der Waals surface area contributed by atoms with Crippen molar-refractivity contribution < 1.29 is 14.4 Å². The van der Waals surface area contributed by atoms with Crippen LogP contribution < -0.4 is 9.47 Å². The van der Waals surface area contributed by atoms with Crippen molar-refractivity contribution in [2.75, 3.05) is 7.11 Å². The lowest BCUT2D eigenvalue weighted by molar-refractivity contribution is -0.385. The maximum Gasteiger partial charge on any atom is 0.314 e. The lowest BCUT2D eigenvalue weighted by atomic mass is 10.2. The summed E-state index contributed by atoms with van der Waals surface area (Å²) in [5.41, 5.74) is -0.151. The second kappa shape index (κ2) is 5.58. The van der Waals surface area contributed by atoms with Gasteiger partial charge in [0.25, 0.3) is 0 Å². The van der Waals surface area contributed by atoms with Crippen molar-refractivity contribution in [1.29, 1.82) is 0 Å². The van der Waals surface area contributed by atoms with Crippen molar-refractivity contribution in [2.45, 2.75) is 0 Å². The van der Waals surface area contributed by atoms with E-state index in [2.05, 4.69) is 0 Å². The lowest BCUT2D eigenvalue weighted by Crippen LogP contribution is -1.94. The molecule has 5 nitrogen and oxygen atoms in total. The molecule has 0 radical (unpaired) electrons. The molecule has 19 heavy (non-hydrogen) atoms. The highest BCUT2D eigenvalue weighted by Crippen LogP contribution is 2.33. The first-order valence-corrected chi connectivity index (χ1v) is 5.74. The second-order valence-electron chi connectivity index (χ2n) is 3.65. The van der Waals surface area contributed by atoms with E-state index in [0.717, 1.165) is 0 Å². The molecule has 98 valence electrons. The van der Waals surface area contributed by atoms with E-state index in [1.54, 1.807) is 30.3 Å². The number of nitro groups is 1. The van der Waals surface area contributed by atoms with E-state index in [4.69, 9.17) is 21.1 Å². The van der Waals surface area contributed by atoms with E-state index in [9.17, 15) is 10.1 Å². The quantitative estimate of drug-likeness (QED) is 0.626. The third-order valence-corrected chi connectivity index (χ3v) is 2.61. The van der Waals surface area contributed by atoms with E-state index in [1.807, 2.05) is 0 Å². The number of benzene rings is 2. The zero-order valence-electron chi connectivity index (χ0n) is 10.00. The van der Waals surface area contributed by atoms with Gasteiger partial charge in [-0.15, -0.1) is 0 Å². The van der Waals surface area contributed by atoms with Crippen LogP contribution in [-0.2, 0) is 0 Å². The van der Waals surface area contributed by atoms with Crippen LogP contribution >= 0.6 is 11.6 Å². The molecule has 0 bridgehead atoms. The Kier molecular flexibility index (Phi) is 3.87. The van der Waals surface area contributed by atoms with Crippen LogP contribution in [0, 0.1) is 10.1 Å². The molecule has 0 amide bonds. The minimum atomic E-state index is -0.524. The van der Waals surface area contributed by atoms with Crippen LogP contribution in [0.1, 0.15) is 0 Å². The maximum absolute atomic E-state index is 10.9. The molecule has 2 aromatic carbocycles. The molecule has 0 fully saturated rings. The minimum Gasteiger partial charge on any atom is -0.490 e. The predicted molar refractivity (Wildman–Crippen MR) is 71.2 cm³/mol. The van der Waals surface area contributed by atoms with Crippen LogP contribution in [0.5, 0.6) is 17.2 Å². The summed E-state index contributed by atoms with van der Waals surface area (Å²) in [5, 5.41) is 11.4. The van der Waals surface area contributed by atoms with Crippen LogP contribution in [0.4, 0.5) is 5.69 Å². The SMILES string of the molecule is COc1ccc(Oc2cccc(Cl)c2)cc1[N+](=O)[O-]. The van der Waals surface area contributed by atoms with E-state index in [0.29, 0.717) is 16.5 Å². The zero-order valence-corrected chi connectivity index (χ0v) is 10.8. The highest BCUT2D eigenvalue weighted by molar-refractivity contribution is 6.30. The smallest absolute Gasteiger partial charge is 0.314 e. The summed E-state index contributed by atoms with van der Waals surface area (Å²) < 4.78 is 10.4. The Balaban J connectivity index is 2.31. The molecule has 6 heteroatoms. The van der Waals surface area contributed by atoms with Gasteiger partial charge in [-0.1, -0.05) is 17.7 Å². The number of halogens is 1. The van der Waals surface area contributed by atoms with Crippen LogP contribution in [-0.4, -0.2) is 12.0 Å². The third-order valence-electron chi connectivity index (χ3n) is 2.38. The largest absolute Gasteiger partial charge is 0.490 e. The van der Waals surface area contributed by atoms with Gasteiger partial charge in [0.15, 0.2) is 5.75 Å². The average Bonchev–Trinajstić information content (AvgIpc) is 2.38. The molecular weight excluding hydrogens is 270 g/mol. The first-order chi connectivity index (χ1) is 9.10. The monoisotopic (exact) mass is 279 g/mol. The zero-order chi connectivity index (χ0) is 13.8. The summed E-state index contributed by atoms with van der Waals surface area (Å²) >= 11 is 5.83. The van der Waals surface area contributed by atoms with Gasteiger partial charge in [0.2, 0.25) is 0 Å². The molecule has 0 aliphatic heterocycles. The van der Waals surface area contributed by atoms with Crippen LogP contribution in [0.15, 0.2) is 42.5 Å². The fraction of sp³-hybridized carbons (Fsp3) is 0.0769. The lowest BCUT2D eigenvalue weighted by Gasteiger charge is -2.07. The van der Waals surface area contributed by atoms with Crippen molar-refractivity contribution in [2.24, 2.45) is 0 Å². The Labute approximate surface area is 114 Å². The van der Waals surface area contributed by atoms with Gasteiger partial charge < -0.3 is 9.47 Å². The number of hydrogen-bond donors (Lipinski definition) is 0. The van der Waals surface area contributed by atoms with Crippen LogP contribution in [0.2, 0.25) is 5.02 Å². The average molecular weight is 280 g/mol. The van der Waals surface area contributed by atoms with Crippen molar-refractivity contribution in [1.82, 2.24) is 0 Å². The fourth-order valence-electron chi connectivity index (χ4n) is 1.54. The third kappa shape index (κ3) is 3.14. The van der Waals surface area contributed by atoms with Crippen molar-refractivity contribution in [3.63, 3.8) is 0 Å². The Morgan fingerprint density at radius 1 is 1.16 bits per heavy atom. The number of rotatable bonds is 4. The molecule has 0 aromatic heterocycles. The molecule has 0 unspecified atom stereocenters. The molecule has 0 aliphatic carbocycles. The molecule has 0 spiro atoms. The topological polar surface area (TPSA) is 61.6 Å². The van der Waals surface area contributed by atoms with Gasteiger partial charge in [-0.25, -0.2) is 0 Å². The Morgan fingerprint density at radius 2 is 1.89 bits per heavy atom. The van der Waals surface area contributed by atoms with E-state index in [1.165, 1.54) is 19.2 Å². The molecule has 0 atom stereocenters. The van der Waals surface area contributed by atoms with Gasteiger partial charge in [-0.3, -0.25) is 10.1 Å². The highest BCUT2D eigenvalue weighted by Gasteiger charge is 2.16. The summed E-state index contributed by atoms with van der Waals surface area (Å²) in [6, 6.07) is 11.2. The summed E-state index contributed by atoms with van der Waals surface area (Å²) in [5.74, 6) is 1.03. The second-order valence-corrected chi connectivity index (χ2v) is 4.09. The van der Waals surface area contributed by atoms with E-state index in [-0.39, 0.29) is 11.4 Å². The Morgan fingerprint density at radius 3 is 2.53 bits per heavy atom. The molecule has 0 aliphatic rings. The van der Waals surface area contributed by atoms with Crippen LogP contribution in [0.3, 0.4) is 0 Å². The predicted octanol–water partition coefficient (Wildman–Crippen LogP) is 4.05. The van der Waals surface area contributed by atoms with Crippen LogP contribution in [0.25, 0.3) is 0 Å². The number of nitrogens with zero attached hydrogens (tertiary/aromatic N) is 1. The number of nitro benzene ring substituents is 1. The van der Waals surface area contributed by atoms with Gasteiger partial charge >= 0.3 is 5.69 Å². The van der Waals surface area contributed by atoms with Gasteiger partial charge in [0.1, 0.15) is 11.5 Å². The summed E-state index contributed by atoms with van der Waals surface area (Å²) in [7, 11) is 1.37. The fourth-order valence-corrected chi connectivity index (χ4v) is 1.72. The van der Waals surface area contributed by atoms with Crippen molar-refractivity contribution in [3.8, 4) is 17.2 Å². The molecule has 2 rings (SSSR count). The van der Waals surface area contributed by atoms with Crippen molar-refractivity contribution in [3.05, 3.63) is 57.6 Å². The number of methoxy groups -OCH3 is 1. The normalized spacial score (nSPS) is 10.0. The van der Waals surface area contributed by atoms with Gasteiger partial charge in [-0.2, -0.15) is 0 Å². The molecular formula is C13H10ClNO4. The molecule has 0 saturated carbocycles. The molecule has 0 N–H and O–H groups in total. The molecule has 2 aromatic rings. The summed E-state index contributed by atoms with van der Waals surface area (Å²) in [6.45, 7) is 0. The van der Waals surface area contributed by atoms with Gasteiger partial charge in [0.05, 0.1) is 18.1 Å². The van der Waals surface area contributed by atoms with E-state index >= 15 is 0 Å². The van der Waals surface area contributed by atoms with Gasteiger partial charge in [0, 0.05) is 5.02 Å². The number of hydrogen-bond acceptors (Lipinski definition) is 4. The highest BCUT2D eigenvalue weighted by atomic mass is 35.5. The van der Waals surface area contributed by atoms with Gasteiger partial charge in [-0.05, 0) is 30.3 Å². The first-order valence-electron chi connectivity index (χ1n) is 5.36. The maximum atomic E-state index is 10.9. The summed E-state index contributed by atoms with van der Waals surface area (Å²) in [6.07, 6.45) is 0. The molecule has 0 heterocycles. The van der Waals surface area contributed by atoms with E-state index < -0.39 is 4.92 Å².